The molecule has 0 bridgehead atoms. The van der Waals surface area contributed by atoms with Gasteiger partial charge in [-0.2, -0.15) is 11.8 Å². The minimum absolute atomic E-state index is 0.877. The van der Waals surface area contributed by atoms with Crippen molar-refractivity contribution in [1.29, 1.82) is 0 Å². The van der Waals surface area contributed by atoms with Gasteiger partial charge in [-0.05, 0) is 36.4 Å². The number of benzene rings is 1. The van der Waals surface area contributed by atoms with Gasteiger partial charge in [0.2, 0.25) is 0 Å². The highest BCUT2D eigenvalue weighted by Gasteiger charge is 2.16. The SMILES string of the molecule is Clc1ccccc1CSCC1CNC1. The summed E-state index contributed by atoms with van der Waals surface area (Å²) in [5.74, 6) is 3.16. The highest BCUT2D eigenvalue weighted by Crippen LogP contribution is 2.22. The molecule has 0 amide bonds. The maximum Gasteiger partial charge on any atom is 0.0446 e. The summed E-state index contributed by atoms with van der Waals surface area (Å²) in [5.41, 5.74) is 1.26. The minimum atomic E-state index is 0.877. The van der Waals surface area contributed by atoms with E-state index in [1.165, 1.54) is 24.4 Å². The van der Waals surface area contributed by atoms with Crippen LogP contribution in [-0.2, 0) is 5.75 Å². The smallest absolute Gasteiger partial charge is 0.0446 e. The van der Waals surface area contributed by atoms with E-state index in [2.05, 4.69) is 11.4 Å². The summed E-state index contributed by atoms with van der Waals surface area (Å²) in [5, 5.41) is 4.18. The zero-order valence-corrected chi connectivity index (χ0v) is 9.57. The molecule has 1 aromatic carbocycles. The molecule has 0 unspecified atom stereocenters. The lowest BCUT2D eigenvalue weighted by molar-refractivity contribution is 0.385. The predicted octanol–water partition coefficient (Wildman–Crippen LogP) is 2.79. The summed E-state index contributed by atoms with van der Waals surface area (Å²) in [6.45, 7) is 2.38. The first-order chi connectivity index (χ1) is 6.86. The van der Waals surface area contributed by atoms with Gasteiger partial charge in [0.25, 0.3) is 0 Å². The van der Waals surface area contributed by atoms with Gasteiger partial charge < -0.3 is 5.32 Å². The van der Waals surface area contributed by atoms with Gasteiger partial charge in [-0.15, -0.1) is 0 Å². The molecule has 0 aromatic heterocycles. The Balaban J connectivity index is 1.76. The van der Waals surface area contributed by atoms with Crippen molar-refractivity contribution in [2.24, 2.45) is 5.92 Å². The van der Waals surface area contributed by atoms with Gasteiger partial charge in [-0.3, -0.25) is 0 Å². The normalized spacial score (nSPS) is 16.6. The van der Waals surface area contributed by atoms with Crippen molar-refractivity contribution < 1.29 is 0 Å². The third kappa shape index (κ3) is 2.66. The molecule has 0 radical (unpaired) electrons. The predicted molar refractivity (Wildman–Crippen MR) is 64.0 cm³/mol. The second-order valence-corrected chi connectivity index (χ2v) is 5.07. The first-order valence-corrected chi connectivity index (χ1v) is 6.41. The van der Waals surface area contributed by atoms with E-state index in [9.17, 15) is 0 Å². The lowest BCUT2D eigenvalue weighted by Gasteiger charge is -2.26. The molecule has 0 saturated carbocycles. The van der Waals surface area contributed by atoms with Crippen LogP contribution in [0, 0.1) is 5.92 Å². The van der Waals surface area contributed by atoms with Gasteiger partial charge in [0, 0.05) is 10.8 Å². The van der Waals surface area contributed by atoms with Crippen molar-refractivity contribution in [3.63, 3.8) is 0 Å². The Hall–Kier alpha value is -0.180. The Bertz CT molecular complexity index is 299. The van der Waals surface area contributed by atoms with Crippen molar-refractivity contribution in [3.8, 4) is 0 Å². The summed E-state index contributed by atoms with van der Waals surface area (Å²) in [6, 6.07) is 8.09. The molecular formula is C11H14ClNS. The van der Waals surface area contributed by atoms with E-state index in [1.807, 2.05) is 30.0 Å². The lowest BCUT2D eigenvalue weighted by atomic mass is 10.1. The van der Waals surface area contributed by atoms with Crippen LogP contribution in [0.5, 0.6) is 0 Å². The molecule has 14 heavy (non-hydrogen) atoms. The molecule has 1 heterocycles. The molecule has 0 spiro atoms. The molecule has 76 valence electrons. The Morgan fingerprint density at radius 1 is 1.36 bits per heavy atom. The monoisotopic (exact) mass is 227 g/mol. The van der Waals surface area contributed by atoms with Crippen molar-refractivity contribution in [2.75, 3.05) is 18.8 Å². The van der Waals surface area contributed by atoms with Gasteiger partial charge in [0.05, 0.1) is 0 Å². The molecule has 1 nitrogen and oxygen atoms in total. The summed E-state index contributed by atoms with van der Waals surface area (Å²) < 4.78 is 0. The van der Waals surface area contributed by atoms with Crippen LogP contribution < -0.4 is 5.32 Å². The molecular weight excluding hydrogens is 214 g/mol. The highest BCUT2D eigenvalue weighted by atomic mass is 35.5. The second-order valence-electron chi connectivity index (χ2n) is 3.63. The van der Waals surface area contributed by atoms with E-state index in [0.717, 1.165) is 16.7 Å². The molecule has 1 aromatic rings. The lowest BCUT2D eigenvalue weighted by Crippen LogP contribution is -2.43. The summed E-state index contributed by atoms with van der Waals surface area (Å²) in [4.78, 5) is 0. The molecule has 1 fully saturated rings. The molecule has 3 heteroatoms. The average Bonchev–Trinajstić information content (AvgIpc) is 2.12. The van der Waals surface area contributed by atoms with E-state index in [-0.39, 0.29) is 0 Å². The topological polar surface area (TPSA) is 12.0 Å². The number of hydrogen-bond donors (Lipinski definition) is 1. The third-order valence-corrected chi connectivity index (χ3v) is 4.03. The number of hydrogen-bond acceptors (Lipinski definition) is 2. The Kier molecular flexibility index (Phi) is 3.74. The van der Waals surface area contributed by atoms with Crippen molar-refractivity contribution >= 4 is 23.4 Å². The Morgan fingerprint density at radius 2 is 2.14 bits per heavy atom. The molecule has 2 rings (SSSR count). The molecule has 1 saturated heterocycles. The van der Waals surface area contributed by atoms with E-state index in [0.29, 0.717) is 0 Å². The molecule has 0 aliphatic carbocycles. The molecule has 0 atom stereocenters. The van der Waals surface area contributed by atoms with Crippen LogP contribution in [0.4, 0.5) is 0 Å². The van der Waals surface area contributed by atoms with Gasteiger partial charge in [-0.1, -0.05) is 29.8 Å². The Morgan fingerprint density at radius 3 is 2.79 bits per heavy atom. The average molecular weight is 228 g/mol. The number of nitrogens with one attached hydrogen (secondary N) is 1. The maximum atomic E-state index is 6.06. The fourth-order valence-electron chi connectivity index (χ4n) is 1.42. The fraction of sp³-hybridized carbons (Fsp3) is 0.455. The van der Waals surface area contributed by atoms with E-state index >= 15 is 0 Å². The number of halogens is 1. The van der Waals surface area contributed by atoms with Crippen LogP contribution in [-0.4, -0.2) is 18.8 Å². The number of rotatable bonds is 4. The first kappa shape index (κ1) is 10.3. The van der Waals surface area contributed by atoms with Crippen LogP contribution in [0.15, 0.2) is 24.3 Å². The highest BCUT2D eigenvalue weighted by molar-refractivity contribution is 7.98. The van der Waals surface area contributed by atoms with Crippen molar-refractivity contribution in [3.05, 3.63) is 34.9 Å². The number of thioether (sulfide) groups is 1. The van der Waals surface area contributed by atoms with Crippen LogP contribution in [0.3, 0.4) is 0 Å². The zero-order valence-electron chi connectivity index (χ0n) is 8.00. The Labute approximate surface area is 94.2 Å². The van der Waals surface area contributed by atoms with E-state index in [1.54, 1.807) is 0 Å². The van der Waals surface area contributed by atoms with Crippen LogP contribution in [0.1, 0.15) is 5.56 Å². The van der Waals surface area contributed by atoms with Crippen molar-refractivity contribution in [2.45, 2.75) is 5.75 Å². The van der Waals surface area contributed by atoms with E-state index in [4.69, 9.17) is 11.6 Å². The minimum Gasteiger partial charge on any atom is -0.316 e. The maximum absolute atomic E-state index is 6.06. The van der Waals surface area contributed by atoms with Crippen molar-refractivity contribution in [1.82, 2.24) is 5.32 Å². The van der Waals surface area contributed by atoms with Gasteiger partial charge >= 0.3 is 0 Å². The third-order valence-electron chi connectivity index (χ3n) is 2.43. The van der Waals surface area contributed by atoms with Crippen LogP contribution >= 0.6 is 23.4 Å². The summed E-state index contributed by atoms with van der Waals surface area (Å²) in [7, 11) is 0. The van der Waals surface area contributed by atoms with E-state index < -0.39 is 0 Å². The molecule has 1 aliphatic heterocycles. The van der Waals surface area contributed by atoms with Crippen LogP contribution in [0.25, 0.3) is 0 Å². The van der Waals surface area contributed by atoms with Gasteiger partial charge in [0.1, 0.15) is 0 Å². The molecule has 1 aliphatic rings. The van der Waals surface area contributed by atoms with Gasteiger partial charge in [0.15, 0.2) is 0 Å². The van der Waals surface area contributed by atoms with Crippen LogP contribution in [0.2, 0.25) is 5.02 Å². The standard InChI is InChI=1S/C11H14ClNS/c12-11-4-2-1-3-10(11)8-14-7-9-5-13-6-9/h1-4,9,13H,5-8H2. The van der Waals surface area contributed by atoms with Gasteiger partial charge in [-0.25, -0.2) is 0 Å². The molecule has 1 N–H and O–H groups in total. The second kappa shape index (κ2) is 5.06. The largest absolute Gasteiger partial charge is 0.316 e. The zero-order chi connectivity index (χ0) is 9.80. The fourth-order valence-corrected chi connectivity index (χ4v) is 2.86. The summed E-state index contributed by atoms with van der Waals surface area (Å²) >= 11 is 8.04. The summed E-state index contributed by atoms with van der Waals surface area (Å²) in [6.07, 6.45) is 0. The first-order valence-electron chi connectivity index (χ1n) is 4.88. The quantitative estimate of drug-likeness (QED) is 0.849.